The van der Waals surface area contributed by atoms with E-state index in [1.54, 1.807) is 0 Å². The van der Waals surface area contributed by atoms with Gasteiger partial charge in [-0.1, -0.05) is 116 Å². The minimum atomic E-state index is -1.71. The summed E-state index contributed by atoms with van der Waals surface area (Å²) in [5, 5.41) is 24.9. The Hall–Kier alpha value is -4.15. The molecule has 1 aromatic heterocycles. The van der Waals surface area contributed by atoms with Crippen molar-refractivity contribution in [3.05, 3.63) is 143 Å². The van der Waals surface area contributed by atoms with Crippen molar-refractivity contribution in [2.45, 2.75) is 36.8 Å². The van der Waals surface area contributed by atoms with Crippen molar-refractivity contribution in [2.75, 3.05) is 0 Å². The van der Waals surface area contributed by atoms with Crippen LogP contribution in [-0.2, 0) is 22.4 Å². The fourth-order valence-corrected chi connectivity index (χ4v) is 6.59. The van der Waals surface area contributed by atoms with E-state index in [1.807, 2.05) is 97.1 Å². The van der Waals surface area contributed by atoms with Gasteiger partial charge in [-0.2, -0.15) is 0 Å². The number of hydrogen-bond donors (Lipinski definition) is 2. The van der Waals surface area contributed by atoms with E-state index >= 15 is 0 Å². The Labute approximate surface area is 216 Å². The molecular formula is C33H29NO3. The zero-order valence-corrected chi connectivity index (χ0v) is 20.7. The van der Waals surface area contributed by atoms with E-state index in [0.717, 1.165) is 22.2 Å². The van der Waals surface area contributed by atoms with Gasteiger partial charge in [0.25, 0.3) is 0 Å². The molecule has 0 bridgehead atoms. The molecule has 6 rings (SSSR count). The lowest BCUT2D eigenvalue weighted by molar-refractivity contribution is -0.156. The Morgan fingerprint density at radius 3 is 1.97 bits per heavy atom. The van der Waals surface area contributed by atoms with Crippen LogP contribution >= 0.6 is 0 Å². The van der Waals surface area contributed by atoms with Gasteiger partial charge < -0.3 is 14.8 Å². The normalized spacial score (nSPS) is 23.0. The van der Waals surface area contributed by atoms with Gasteiger partial charge in [0.2, 0.25) is 0 Å². The van der Waals surface area contributed by atoms with E-state index in [-0.39, 0.29) is 12.3 Å². The maximum absolute atomic E-state index is 13.8. The summed E-state index contributed by atoms with van der Waals surface area (Å²) in [7, 11) is 0. The Morgan fingerprint density at radius 1 is 0.811 bits per heavy atom. The molecule has 1 aliphatic rings. The van der Waals surface area contributed by atoms with Crippen LogP contribution in [0.3, 0.4) is 0 Å². The zero-order chi connectivity index (χ0) is 25.6. The van der Waals surface area contributed by atoms with Crippen LogP contribution in [0.5, 0.6) is 0 Å². The number of carboxylic acid groups (broad SMARTS) is 1. The molecule has 1 aliphatic carbocycles. The molecule has 1 heterocycles. The Balaban J connectivity index is 1.77. The summed E-state index contributed by atoms with van der Waals surface area (Å²) in [5.74, 6) is -1.15. The Morgan fingerprint density at radius 2 is 1.35 bits per heavy atom. The number of aliphatic carboxylic acids is 1. The number of benzene rings is 4. The zero-order valence-electron chi connectivity index (χ0n) is 20.7. The van der Waals surface area contributed by atoms with Crippen LogP contribution in [0.2, 0.25) is 0 Å². The van der Waals surface area contributed by atoms with Gasteiger partial charge in [-0.15, -0.1) is 0 Å². The topological polar surface area (TPSA) is 62.5 Å². The van der Waals surface area contributed by atoms with Crippen LogP contribution in [-0.4, -0.2) is 20.7 Å². The second-order valence-corrected chi connectivity index (χ2v) is 10.1. The summed E-state index contributed by atoms with van der Waals surface area (Å²) >= 11 is 0. The molecule has 4 aromatic carbocycles. The van der Waals surface area contributed by atoms with Crippen molar-refractivity contribution in [1.29, 1.82) is 0 Å². The highest BCUT2D eigenvalue weighted by Crippen LogP contribution is 2.59. The lowest BCUT2D eigenvalue weighted by Crippen LogP contribution is -2.58. The molecule has 2 N–H and O–H groups in total. The first-order valence-corrected chi connectivity index (χ1v) is 12.7. The van der Waals surface area contributed by atoms with Gasteiger partial charge in [-0.3, -0.25) is 4.79 Å². The van der Waals surface area contributed by atoms with Gasteiger partial charge in [0.05, 0.1) is 0 Å². The standard InChI is InChI=1S/C33H29NO3/c1-23-21-32(37,25-15-7-3-8-16-25)33(31(35)36,26-17-9-4-10-18-26)29-27-19-11-12-20-28(27)34(30(23)29)22-24-13-5-2-6-14-24/h2-20,23,37H,21-22H2,1H3,(H,35,36). The van der Waals surface area contributed by atoms with Crippen LogP contribution in [0.25, 0.3) is 10.9 Å². The number of fused-ring (bicyclic) bond motifs is 3. The lowest BCUT2D eigenvalue weighted by Gasteiger charge is -2.50. The fraction of sp³-hybridized carbons (Fsp3) is 0.182. The molecule has 0 fully saturated rings. The quantitative estimate of drug-likeness (QED) is 0.299. The first-order chi connectivity index (χ1) is 18.0. The van der Waals surface area contributed by atoms with Gasteiger partial charge in [0.1, 0.15) is 5.60 Å². The third-order valence-corrected chi connectivity index (χ3v) is 8.04. The van der Waals surface area contributed by atoms with Crippen LogP contribution in [0, 0.1) is 0 Å². The summed E-state index contributed by atoms with van der Waals surface area (Å²) in [5.41, 5.74) is 1.57. The highest BCUT2D eigenvalue weighted by Gasteiger charge is 2.64. The third-order valence-electron chi connectivity index (χ3n) is 8.04. The monoisotopic (exact) mass is 487 g/mol. The maximum atomic E-state index is 13.8. The maximum Gasteiger partial charge on any atom is 0.322 e. The number of hydrogen-bond acceptors (Lipinski definition) is 2. The van der Waals surface area contributed by atoms with Gasteiger partial charge in [-0.25, -0.2) is 0 Å². The minimum Gasteiger partial charge on any atom is -0.480 e. The van der Waals surface area contributed by atoms with E-state index in [1.165, 1.54) is 0 Å². The average Bonchev–Trinajstić information content (AvgIpc) is 3.25. The molecule has 4 heteroatoms. The average molecular weight is 488 g/mol. The van der Waals surface area contributed by atoms with Crippen molar-refractivity contribution < 1.29 is 15.0 Å². The van der Waals surface area contributed by atoms with E-state index in [2.05, 4.69) is 29.7 Å². The predicted octanol–water partition coefficient (Wildman–Crippen LogP) is 6.46. The molecule has 3 unspecified atom stereocenters. The number of aliphatic hydroxyl groups is 1. The largest absolute Gasteiger partial charge is 0.480 e. The molecule has 3 atom stereocenters. The van der Waals surface area contributed by atoms with Gasteiger partial charge in [0.15, 0.2) is 5.41 Å². The minimum absolute atomic E-state index is 0.0903. The Kier molecular flexibility index (Phi) is 5.50. The van der Waals surface area contributed by atoms with Crippen molar-refractivity contribution in [3.63, 3.8) is 0 Å². The molecule has 0 saturated heterocycles. The second-order valence-electron chi connectivity index (χ2n) is 10.1. The molecule has 184 valence electrons. The molecule has 4 nitrogen and oxygen atoms in total. The summed E-state index contributed by atoms with van der Waals surface area (Å²) in [6, 6.07) is 36.8. The van der Waals surface area contributed by atoms with Crippen LogP contribution in [0.15, 0.2) is 115 Å². The first kappa shape index (κ1) is 23.3. The highest BCUT2D eigenvalue weighted by atomic mass is 16.4. The van der Waals surface area contributed by atoms with E-state index in [0.29, 0.717) is 23.2 Å². The summed E-state index contributed by atoms with van der Waals surface area (Å²) in [6.07, 6.45) is 0.274. The van der Waals surface area contributed by atoms with Crippen molar-refractivity contribution in [1.82, 2.24) is 4.57 Å². The van der Waals surface area contributed by atoms with Crippen molar-refractivity contribution in [3.8, 4) is 0 Å². The molecule has 0 radical (unpaired) electrons. The van der Waals surface area contributed by atoms with Crippen molar-refractivity contribution >= 4 is 16.9 Å². The van der Waals surface area contributed by atoms with Gasteiger partial charge in [-0.05, 0) is 35.1 Å². The molecule has 0 saturated carbocycles. The molecule has 0 spiro atoms. The SMILES string of the molecule is CC1CC(O)(c2ccccc2)C(C(=O)O)(c2ccccc2)c2c1n(Cc1ccccc1)c1ccccc21. The van der Waals surface area contributed by atoms with Crippen LogP contribution in [0.1, 0.15) is 47.2 Å². The smallest absolute Gasteiger partial charge is 0.322 e. The number of rotatable bonds is 5. The van der Waals surface area contributed by atoms with Gasteiger partial charge in [0, 0.05) is 28.7 Å². The first-order valence-electron chi connectivity index (χ1n) is 12.7. The predicted molar refractivity (Wildman–Crippen MR) is 146 cm³/mol. The molecule has 5 aromatic rings. The number of para-hydroxylation sites is 1. The van der Waals surface area contributed by atoms with E-state index in [9.17, 15) is 15.0 Å². The summed E-state index contributed by atoms with van der Waals surface area (Å²) < 4.78 is 2.26. The van der Waals surface area contributed by atoms with Crippen LogP contribution in [0.4, 0.5) is 0 Å². The summed E-state index contributed by atoms with van der Waals surface area (Å²) in [4.78, 5) is 13.8. The fourth-order valence-electron chi connectivity index (χ4n) is 6.59. The number of carboxylic acids is 1. The Bertz CT molecular complexity index is 1580. The number of nitrogens with zero attached hydrogens (tertiary/aromatic N) is 1. The van der Waals surface area contributed by atoms with Crippen LogP contribution < -0.4 is 0 Å². The lowest BCUT2D eigenvalue weighted by atomic mass is 9.54. The third kappa shape index (κ3) is 3.29. The molecular weight excluding hydrogens is 458 g/mol. The van der Waals surface area contributed by atoms with Crippen molar-refractivity contribution in [2.24, 2.45) is 0 Å². The molecule has 37 heavy (non-hydrogen) atoms. The molecule has 0 amide bonds. The second kappa shape index (κ2) is 8.75. The number of carbonyl (C=O) groups is 1. The number of aromatic nitrogens is 1. The molecule has 0 aliphatic heterocycles. The highest BCUT2D eigenvalue weighted by molar-refractivity contribution is 5.98. The van der Waals surface area contributed by atoms with E-state index < -0.39 is 17.0 Å². The summed E-state index contributed by atoms with van der Waals surface area (Å²) in [6.45, 7) is 2.72. The van der Waals surface area contributed by atoms with Gasteiger partial charge >= 0.3 is 5.97 Å². The van der Waals surface area contributed by atoms with E-state index in [4.69, 9.17) is 0 Å².